The normalized spacial score (nSPS) is 21.2. The predicted molar refractivity (Wildman–Crippen MR) is 66.3 cm³/mol. The topological polar surface area (TPSA) is 55.5 Å². The monoisotopic (exact) mass is 229 g/mol. The van der Waals surface area contributed by atoms with Gasteiger partial charge >= 0.3 is 0 Å². The molecule has 1 saturated carbocycles. The Morgan fingerprint density at radius 2 is 2.00 bits per heavy atom. The Labute approximate surface area is 99.4 Å². The van der Waals surface area contributed by atoms with Gasteiger partial charge in [0.1, 0.15) is 0 Å². The molecule has 0 radical (unpaired) electrons. The van der Waals surface area contributed by atoms with Crippen LogP contribution in [0.2, 0.25) is 0 Å². The van der Waals surface area contributed by atoms with Crippen LogP contribution in [-0.2, 0) is 4.74 Å². The van der Waals surface area contributed by atoms with E-state index in [1.165, 1.54) is 25.7 Å². The molecule has 0 aromatic rings. The van der Waals surface area contributed by atoms with Crippen molar-refractivity contribution in [1.82, 2.24) is 0 Å². The molecule has 3 heteroatoms. The van der Waals surface area contributed by atoms with Gasteiger partial charge in [0.15, 0.2) is 0 Å². The Bertz CT molecular complexity index is 177. The Morgan fingerprint density at radius 1 is 1.31 bits per heavy atom. The molecule has 0 amide bonds. The fourth-order valence-electron chi connectivity index (χ4n) is 2.24. The number of ether oxygens (including phenoxy) is 1. The fraction of sp³-hybridized carbons (Fsp3) is 1.00. The van der Waals surface area contributed by atoms with Crippen LogP contribution in [0.25, 0.3) is 0 Å². The summed E-state index contributed by atoms with van der Waals surface area (Å²) in [5.74, 6) is 0.817. The number of aliphatic hydroxyl groups excluding tert-OH is 1. The second-order valence-electron chi connectivity index (χ2n) is 5.49. The minimum absolute atomic E-state index is 0.0654. The Kier molecular flexibility index (Phi) is 6.32. The Hall–Kier alpha value is -0.120. The van der Waals surface area contributed by atoms with Gasteiger partial charge in [-0.3, -0.25) is 0 Å². The average Bonchev–Trinajstić information content (AvgIpc) is 2.76. The van der Waals surface area contributed by atoms with Crippen molar-refractivity contribution in [2.75, 3.05) is 19.8 Å². The molecular weight excluding hydrogens is 202 g/mol. The lowest BCUT2D eigenvalue weighted by Crippen LogP contribution is -2.39. The van der Waals surface area contributed by atoms with E-state index in [0.717, 1.165) is 38.4 Å². The van der Waals surface area contributed by atoms with Gasteiger partial charge in [-0.15, -0.1) is 0 Å². The van der Waals surface area contributed by atoms with E-state index in [1.807, 2.05) is 6.92 Å². The van der Waals surface area contributed by atoms with Crippen molar-refractivity contribution in [2.45, 2.75) is 57.4 Å². The summed E-state index contributed by atoms with van der Waals surface area (Å²) in [5.41, 5.74) is 5.43. The molecule has 0 heterocycles. The molecule has 1 aliphatic rings. The summed E-state index contributed by atoms with van der Waals surface area (Å²) in [6.45, 7) is 3.75. The Morgan fingerprint density at radius 3 is 2.62 bits per heavy atom. The highest BCUT2D eigenvalue weighted by molar-refractivity contribution is 4.76. The number of unbranched alkanes of at least 4 members (excludes halogenated alkanes) is 1. The number of hydrogen-bond acceptors (Lipinski definition) is 3. The zero-order valence-corrected chi connectivity index (χ0v) is 10.6. The first-order valence-electron chi connectivity index (χ1n) is 6.61. The van der Waals surface area contributed by atoms with Crippen LogP contribution in [0.1, 0.15) is 51.9 Å². The number of hydrogen-bond donors (Lipinski definition) is 2. The molecule has 0 bridgehead atoms. The molecule has 1 aliphatic carbocycles. The summed E-state index contributed by atoms with van der Waals surface area (Å²) in [5, 5.41) is 8.98. The summed E-state index contributed by atoms with van der Waals surface area (Å²) in [6.07, 6.45) is 8.44. The zero-order chi connectivity index (χ0) is 11.9. The molecular formula is C13H27NO2. The van der Waals surface area contributed by atoms with Crippen molar-refractivity contribution >= 4 is 0 Å². The van der Waals surface area contributed by atoms with Gasteiger partial charge in [-0.05, 0) is 44.9 Å². The predicted octanol–water partition coefficient (Wildman–Crippen LogP) is 2.07. The second kappa shape index (κ2) is 7.25. The maximum absolute atomic E-state index is 8.98. The van der Waals surface area contributed by atoms with Gasteiger partial charge in [0.2, 0.25) is 0 Å². The average molecular weight is 229 g/mol. The van der Waals surface area contributed by atoms with E-state index in [2.05, 4.69) is 0 Å². The lowest BCUT2D eigenvalue weighted by molar-refractivity contribution is 0.0957. The van der Waals surface area contributed by atoms with Crippen molar-refractivity contribution in [3.05, 3.63) is 0 Å². The van der Waals surface area contributed by atoms with Crippen molar-refractivity contribution in [3.8, 4) is 0 Å². The standard InChI is InChI=1S/C13H27NO2/c1-13(14,11-15)8-4-5-9-16-10-12-6-2-3-7-12/h12,15H,2-11,14H2,1H3. The third-order valence-corrected chi connectivity index (χ3v) is 3.48. The van der Waals surface area contributed by atoms with Crippen LogP contribution in [0.3, 0.4) is 0 Å². The molecule has 0 aromatic heterocycles. The van der Waals surface area contributed by atoms with Crippen LogP contribution < -0.4 is 5.73 Å². The number of aliphatic hydroxyl groups is 1. The van der Waals surface area contributed by atoms with Crippen LogP contribution in [0.4, 0.5) is 0 Å². The Balaban J connectivity index is 1.88. The van der Waals surface area contributed by atoms with Gasteiger partial charge < -0.3 is 15.6 Å². The molecule has 1 unspecified atom stereocenters. The zero-order valence-electron chi connectivity index (χ0n) is 10.6. The van der Waals surface area contributed by atoms with Gasteiger partial charge in [-0.2, -0.15) is 0 Å². The first-order valence-corrected chi connectivity index (χ1v) is 6.61. The third-order valence-electron chi connectivity index (χ3n) is 3.48. The molecule has 16 heavy (non-hydrogen) atoms. The van der Waals surface area contributed by atoms with Crippen LogP contribution in [-0.4, -0.2) is 30.5 Å². The van der Waals surface area contributed by atoms with E-state index in [4.69, 9.17) is 15.6 Å². The largest absolute Gasteiger partial charge is 0.394 e. The van der Waals surface area contributed by atoms with E-state index in [-0.39, 0.29) is 6.61 Å². The summed E-state index contributed by atoms with van der Waals surface area (Å²) < 4.78 is 5.66. The maximum atomic E-state index is 8.98. The maximum Gasteiger partial charge on any atom is 0.0608 e. The summed E-state index contributed by atoms with van der Waals surface area (Å²) in [4.78, 5) is 0. The quantitative estimate of drug-likeness (QED) is 0.626. The van der Waals surface area contributed by atoms with Crippen LogP contribution >= 0.6 is 0 Å². The third kappa shape index (κ3) is 5.83. The molecule has 1 fully saturated rings. The number of nitrogens with two attached hydrogens (primary N) is 1. The molecule has 0 aromatic carbocycles. The highest BCUT2D eigenvalue weighted by atomic mass is 16.5. The van der Waals surface area contributed by atoms with Gasteiger partial charge in [0.25, 0.3) is 0 Å². The van der Waals surface area contributed by atoms with E-state index < -0.39 is 5.54 Å². The molecule has 3 N–H and O–H groups in total. The lowest BCUT2D eigenvalue weighted by atomic mass is 9.97. The number of rotatable bonds is 8. The van der Waals surface area contributed by atoms with Gasteiger partial charge in [-0.25, -0.2) is 0 Å². The van der Waals surface area contributed by atoms with E-state index in [0.29, 0.717) is 0 Å². The summed E-state index contributed by atoms with van der Waals surface area (Å²) in [6, 6.07) is 0. The van der Waals surface area contributed by atoms with Crippen molar-refractivity contribution in [1.29, 1.82) is 0 Å². The molecule has 0 aliphatic heterocycles. The molecule has 0 spiro atoms. The van der Waals surface area contributed by atoms with Crippen molar-refractivity contribution in [2.24, 2.45) is 11.7 Å². The van der Waals surface area contributed by atoms with Gasteiger partial charge in [-0.1, -0.05) is 12.8 Å². The van der Waals surface area contributed by atoms with Crippen LogP contribution in [0.5, 0.6) is 0 Å². The highest BCUT2D eigenvalue weighted by Crippen LogP contribution is 2.24. The smallest absolute Gasteiger partial charge is 0.0608 e. The van der Waals surface area contributed by atoms with Crippen LogP contribution in [0.15, 0.2) is 0 Å². The molecule has 1 atom stereocenters. The van der Waals surface area contributed by atoms with Gasteiger partial charge in [0, 0.05) is 18.8 Å². The van der Waals surface area contributed by atoms with Crippen LogP contribution in [0, 0.1) is 5.92 Å². The molecule has 3 nitrogen and oxygen atoms in total. The fourth-order valence-corrected chi connectivity index (χ4v) is 2.24. The lowest BCUT2D eigenvalue weighted by Gasteiger charge is -2.21. The van der Waals surface area contributed by atoms with E-state index in [9.17, 15) is 0 Å². The van der Waals surface area contributed by atoms with E-state index in [1.54, 1.807) is 0 Å². The van der Waals surface area contributed by atoms with E-state index >= 15 is 0 Å². The molecule has 0 saturated heterocycles. The van der Waals surface area contributed by atoms with Crippen molar-refractivity contribution in [3.63, 3.8) is 0 Å². The summed E-state index contributed by atoms with van der Waals surface area (Å²) in [7, 11) is 0. The van der Waals surface area contributed by atoms with Gasteiger partial charge in [0.05, 0.1) is 6.61 Å². The minimum Gasteiger partial charge on any atom is -0.394 e. The SMILES string of the molecule is CC(N)(CO)CCCCOCC1CCCC1. The first kappa shape index (κ1) is 13.9. The summed E-state index contributed by atoms with van der Waals surface area (Å²) >= 11 is 0. The minimum atomic E-state index is -0.411. The second-order valence-corrected chi connectivity index (χ2v) is 5.49. The molecule has 1 rings (SSSR count). The van der Waals surface area contributed by atoms with Crippen molar-refractivity contribution < 1.29 is 9.84 Å². The molecule has 96 valence electrons. The first-order chi connectivity index (χ1) is 7.64. The highest BCUT2D eigenvalue weighted by Gasteiger charge is 2.16.